The second-order valence-electron chi connectivity index (χ2n) is 8.75. The van der Waals surface area contributed by atoms with Crippen LogP contribution in [0.25, 0.3) is 0 Å². The standard InChI is InChI=1S/C19H25ClN6O8S2/c1-18(2,3)34-24-8(27)5-33-25-10(9-12(20)36-17(21)23-9)13(28)22-11-14(29)26-6-19(32-4,16(30)31)7-35-15(11)26/h11,15H,5-7H2,1-4H3,(H2,21,23)(H,22,28)(H,24,27)(H,30,31)/t11?,15-,19?/m1/s1. The first kappa shape index (κ1) is 27.9. The molecule has 14 nitrogen and oxygen atoms in total. The van der Waals surface area contributed by atoms with Crippen molar-refractivity contribution in [1.82, 2.24) is 20.7 Å². The smallest absolute Gasteiger partial charge is 0.338 e. The Morgan fingerprint density at radius 1 is 1.39 bits per heavy atom. The van der Waals surface area contributed by atoms with E-state index in [9.17, 15) is 24.3 Å². The van der Waals surface area contributed by atoms with Gasteiger partial charge in [0.05, 0.1) is 12.1 Å². The van der Waals surface area contributed by atoms with Crippen LogP contribution >= 0.6 is 34.7 Å². The summed E-state index contributed by atoms with van der Waals surface area (Å²) >= 11 is 8.19. The van der Waals surface area contributed by atoms with Gasteiger partial charge in [-0.3, -0.25) is 19.2 Å². The molecular weight excluding hydrogens is 540 g/mol. The lowest BCUT2D eigenvalue weighted by Crippen LogP contribution is -2.75. The number of oxime groups is 1. The molecule has 1 aromatic rings. The summed E-state index contributed by atoms with van der Waals surface area (Å²) in [6, 6.07) is -0.963. The van der Waals surface area contributed by atoms with Gasteiger partial charge in [-0.1, -0.05) is 28.1 Å². The van der Waals surface area contributed by atoms with Crippen LogP contribution in [0.4, 0.5) is 5.13 Å². The van der Waals surface area contributed by atoms with E-state index in [0.717, 1.165) is 23.1 Å². The predicted octanol–water partition coefficient (Wildman–Crippen LogP) is -0.185. The van der Waals surface area contributed by atoms with E-state index < -0.39 is 58.6 Å². The number of carboxylic acid groups (broad SMARTS) is 1. The number of carbonyl (C=O) groups excluding carboxylic acids is 3. The predicted molar refractivity (Wildman–Crippen MR) is 130 cm³/mol. The number of fused-ring (bicyclic) bond motifs is 1. The van der Waals surface area contributed by atoms with Gasteiger partial charge in [-0.15, -0.1) is 11.8 Å². The van der Waals surface area contributed by atoms with Crippen LogP contribution in [0, 0.1) is 0 Å². The largest absolute Gasteiger partial charge is 0.479 e. The lowest BCUT2D eigenvalue weighted by Gasteiger charge is -2.53. The first-order valence-electron chi connectivity index (χ1n) is 10.4. The topological polar surface area (TPSA) is 195 Å². The van der Waals surface area contributed by atoms with E-state index in [4.69, 9.17) is 31.7 Å². The molecule has 0 bridgehead atoms. The summed E-state index contributed by atoms with van der Waals surface area (Å²) in [6.45, 7) is 4.44. The maximum absolute atomic E-state index is 13.1. The molecule has 2 aliphatic rings. The van der Waals surface area contributed by atoms with Crippen molar-refractivity contribution in [2.75, 3.05) is 31.7 Å². The number of ether oxygens (including phenoxy) is 1. The van der Waals surface area contributed by atoms with Crippen molar-refractivity contribution >= 4 is 69.2 Å². The van der Waals surface area contributed by atoms with Crippen molar-refractivity contribution in [3.63, 3.8) is 0 Å². The zero-order valence-corrected chi connectivity index (χ0v) is 22.1. The monoisotopic (exact) mass is 564 g/mol. The molecule has 3 atom stereocenters. The van der Waals surface area contributed by atoms with Crippen molar-refractivity contribution in [2.45, 2.75) is 43.4 Å². The van der Waals surface area contributed by atoms with Crippen LogP contribution in [0.15, 0.2) is 5.16 Å². The van der Waals surface area contributed by atoms with Gasteiger partial charge in [0.25, 0.3) is 11.8 Å². The molecule has 198 valence electrons. The fraction of sp³-hybridized carbons (Fsp3) is 0.579. The lowest BCUT2D eigenvalue weighted by atomic mass is 9.99. The van der Waals surface area contributed by atoms with Crippen molar-refractivity contribution in [3.8, 4) is 0 Å². The number of anilines is 1. The molecule has 5 N–H and O–H groups in total. The number of carbonyl (C=O) groups is 4. The van der Waals surface area contributed by atoms with Crippen LogP contribution in [0.5, 0.6) is 0 Å². The van der Waals surface area contributed by atoms with Crippen molar-refractivity contribution < 1.29 is 38.7 Å². The summed E-state index contributed by atoms with van der Waals surface area (Å²) < 4.78 is 5.20. The maximum Gasteiger partial charge on any atom is 0.338 e. The van der Waals surface area contributed by atoms with E-state index in [-0.39, 0.29) is 27.5 Å². The second-order valence-corrected chi connectivity index (χ2v) is 11.5. The fourth-order valence-corrected chi connectivity index (χ4v) is 5.59. The Labute approximate surface area is 218 Å². The highest BCUT2D eigenvalue weighted by molar-refractivity contribution is 8.00. The van der Waals surface area contributed by atoms with Crippen LogP contribution in [0.1, 0.15) is 26.5 Å². The van der Waals surface area contributed by atoms with Crippen LogP contribution in [0.3, 0.4) is 0 Å². The summed E-state index contributed by atoms with van der Waals surface area (Å²) in [6.07, 6.45) is 0. The summed E-state index contributed by atoms with van der Waals surface area (Å²) in [7, 11) is 1.26. The van der Waals surface area contributed by atoms with Gasteiger partial charge in [0.15, 0.2) is 23.1 Å². The third kappa shape index (κ3) is 6.00. The van der Waals surface area contributed by atoms with Gasteiger partial charge in [0.1, 0.15) is 21.4 Å². The second kappa shape index (κ2) is 10.8. The number of amides is 3. The third-order valence-corrected chi connectivity index (χ3v) is 7.57. The Hall–Kier alpha value is -2.66. The number of hydrogen-bond donors (Lipinski definition) is 4. The molecule has 0 aliphatic carbocycles. The number of methoxy groups -OCH3 is 1. The summed E-state index contributed by atoms with van der Waals surface area (Å²) in [5.41, 5.74) is 5.21. The highest BCUT2D eigenvalue weighted by Gasteiger charge is 2.58. The molecule has 2 fully saturated rings. The summed E-state index contributed by atoms with van der Waals surface area (Å²) in [4.78, 5) is 64.8. The fourth-order valence-electron chi connectivity index (χ4n) is 3.15. The van der Waals surface area contributed by atoms with Crippen LogP contribution in [-0.2, 0) is 33.6 Å². The number of rotatable bonds is 9. The van der Waals surface area contributed by atoms with E-state index in [1.807, 2.05) is 0 Å². The Bertz CT molecular complexity index is 1090. The van der Waals surface area contributed by atoms with Gasteiger partial charge in [-0.05, 0) is 20.8 Å². The van der Waals surface area contributed by atoms with Gasteiger partial charge in [0.2, 0.25) is 5.91 Å². The molecule has 3 rings (SSSR count). The highest BCUT2D eigenvalue weighted by Crippen LogP contribution is 2.39. The molecule has 2 aliphatic heterocycles. The van der Waals surface area contributed by atoms with Crippen LogP contribution < -0.4 is 16.5 Å². The number of nitrogens with one attached hydrogen (secondary N) is 2. The number of thiazole rings is 1. The average Bonchev–Trinajstić information content (AvgIpc) is 3.14. The van der Waals surface area contributed by atoms with Gasteiger partial charge in [-0.2, -0.15) is 0 Å². The summed E-state index contributed by atoms with van der Waals surface area (Å²) in [5.74, 6) is -3.12. The number of nitrogen functional groups attached to an aromatic ring is 1. The maximum atomic E-state index is 13.1. The Morgan fingerprint density at radius 2 is 2.08 bits per heavy atom. The van der Waals surface area contributed by atoms with Crippen LogP contribution in [0.2, 0.25) is 4.34 Å². The Kier molecular flexibility index (Phi) is 8.34. The minimum absolute atomic E-state index is 0.0467. The quantitative estimate of drug-likeness (QED) is 0.176. The van der Waals surface area contributed by atoms with Gasteiger partial charge in [-0.25, -0.2) is 15.3 Å². The minimum atomic E-state index is -1.53. The van der Waals surface area contributed by atoms with E-state index in [2.05, 4.69) is 20.9 Å². The average molecular weight is 565 g/mol. The number of hydroxylamine groups is 1. The van der Waals surface area contributed by atoms with E-state index in [0.29, 0.717) is 0 Å². The number of aromatic nitrogens is 1. The van der Waals surface area contributed by atoms with Crippen molar-refractivity contribution in [1.29, 1.82) is 0 Å². The van der Waals surface area contributed by atoms with E-state index in [1.165, 1.54) is 12.0 Å². The molecule has 3 heterocycles. The van der Waals surface area contributed by atoms with Crippen molar-refractivity contribution in [2.24, 2.45) is 5.16 Å². The molecule has 0 spiro atoms. The lowest BCUT2D eigenvalue weighted by molar-refractivity contribution is -0.170. The molecule has 17 heteroatoms. The van der Waals surface area contributed by atoms with Gasteiger partial charge < -0.3 is 30.6 Å². The zero-order chi connectivity index (χ0) is 26.8. The summed E-state index contributed by atoms with van der Waals surface area (Å²) in [5, 5.41) is 15.3. The van der Waals surface area contributed by atoms with E-state index >= 15 is 0 Å². The number of β-lactam (4-membered cyclic amide) rings is 1. The molecule has 0 aromatic carbocycles. The van der Waals surface area contributed by atoms with Gasteiger partial charge in [0, 0.05) is 12.9 Å². The first-order chi connectivity index (χ1) is 16.8. The molecule has 3 amide bonds. The van der Waals surface area contributed by atoms with Gasteiger partial charge >= 0.3 is 5.97 Å². The molecule has 2 unspecified atom stereocenters. The number of hydrogen-bond acceptors (Lipinski definition) is 12. The Morgan fingerprint density at radius 3 is 2.64 bits per heavy atom. The highest BCUT2D eigenvalue weighted by atomic mass is 35.5. The molecule has 36 heavy (non-hydrogen) atoms. The molecule has 2 saturated heterocycles. The number of thioether (sulfide) groups is 1. The number of carboxylic acids is 1. The molecular formula is C19H25ClN6O8S2. The number of aliphatic carboxylic acids is 1. The number of halogens is 1. The normalized spacial score (nSPS) is 24.0. The minimum Gasteiger partial charge on any atom is -0.479 e. The zero-order valence-electron chi connectivity index (χ0n) is 19.7. The molecule has 0 radical (unpaired) electrons. The third-order valence-electron chi connectivity index (χ3n) is 4.99. The van der Waals surface area contributed by atoms with Crippen molar-refractivity contribution in [3.05, 3.63) is 10.0 Å². The molecule has 0 saturated carbocycles. The van der Waals surface area contributed by atoms with E-state index in [1.54, 1.807) is 20.8 Å². The first-order valence-corrected chi connectivity index (χ1v) is 12.6. The number of nitrogens with zero attached hydrogens (tertiary/aromatic N) is 3. The molecule has 1 aromatic heterocycles. The van der Waals surface area contributed by atoms with Crippen LogP contribution in [-0.4, -0.2) is 93.0 Å². The SMILES string of the molecule is COC1(C(=O)O)CS[C@@H]2C(NC(=O)C(=NOCC(=O)NOC(C)(C)C)c3nc(N)sc3Cl)C(=O)N2C1. The number of nitrogens with two attached hydrogens (primary N) is 1. The Balaban J connectivity index is 1.70.